The molecule has 1 unspecified atom stereocenters. The van der Waals surface area contributed by atoms with Crippen molar-refractivity contribution in [3.8, 4) is 6.07 Å². The van der Waals surface area contributed by atoms with E-state index in [-0.39, 0.29) is 5.92 Å². The molecular formula is C12H23N3O2S. The first-order valence-electron chi connectivity index (χ1n) is 6.72. The van der Waals surface area contributed by atoms with Gasteiger partial charge in [0.05, 0.1) is 6.07 Å². The Bertz CT molecular complexity index is 379. The zero-order valence-corrected chi connectivity index (χ0v) is 12.0. The zero-order valence-electron chi connectivity index (χ0n) is 11.2. The van der Waals surface area contributed by atoms with Gasteiger partial charge in [-0.15, -0.1) is 0 Å². The Kier molecular flexibility index (Phi) is 6.06. The van der Waals surface area contributed by atoms with Crippen molar-refractivity contribution in [2.75, 3.05) is 13.1 Å². The largest absolute Gasteiger partial charge is 0.280 e. The predicted octanol–water partition coefficient (Wildman–Crippen LogP) is 1.64. The fourth-order valence-corrected chi connectivity index (χ4v) is 3.89. The van der Waals surface area contributed by atoms with Gasteiger partial charge in [0.1, 0.15) is 6.04 Å². The molecular weight excluding hydrogens is 250 g/mol. The Hall–Kier alpha value is -0.640. The monoisotopic (exact) mass is 273 g/mol. The highest BCUT2D eigenvalue weighted by Crippen LogP contribution is 2.26. The summed E-state index contributed by atoms with van der Waals surface area (Å²) in [6, 6.07) is 1.53. The van der Waals surface area contributed by atoms with E-state index >= 15 is 0 Å². The molecule has 0 amide bonds. The molecule has 0 aliphatic heterocycles. The van der Waals surface area contributed by atoms with Gasteiger partial charge in [0, 0.05) is 13.1 Å². The van der Waals surface area contributed by atoms with E-state index in [1.807, 2.05) is 0 Å². The van der Waals surface area contributed by atoms with Gasteiger partial charge in [-0.25, -0.2) is 0 Å². The van der Waals surface area contributed by atoms with Crippen molar-refractivity contribution < 1.29 is 8.42 Å². The van der Waals surface area contributed by atoms with Crippen molar-refractivity contribution in [3.05, 3.63) is 0 Å². The summed E-state index contributed by atoms with van der Waals surface area (Å²) in [6.07, 6.45) is 5.27. The maximum absolute atomic E-state index is 12.1. The van der Waals surface area contributed by atoms with Crippen molar-refractivity contribution in [1.29, 1.82) is 5.26 Å². The molecule has 1 fully saturated rings. The van der Waals surface area contributed by atoms with Crippen molar-refractivity contribution >= 4 is 10.2 Å². The molecule has 0 spiro atoms. The summed E-state index contributed by atoms with van der Waals surface area (Å²) in [5, 5.41) is 9.17. The zero-order chi connectivity index (χ0) is 13.6. The van der Waals surface area contributed by atoms with Gasteiger partial charge in [0.25, 0.3) is 10.2 Å². The fourth-order valence-electron chi connectivity index (χ4n) is 2.49. The van der Waals surface area contributed by atoms with Crippen molar-refractivity contribution in [1.82, 2.24) is 9.03 Å². The molecule has 104 valence electrons. The van der Waals surface area contributed by atoms with Gasteiger partial charge in [0.2, 0.25) is 0 Å². The highest BCUT2D eigenvalue weighted by Gasteiger charge is 2.29. The number of hydrogen-bond acceptors (Lipinski definition) is 3. The Morgan fingerprint density at radius 2 is 1.83 bits per heavy atom. The van der Waals surface area contributed by atoms with Crippen LogP contribution in [-0.4, -0.2) is 31.9 Å². The molecule has 1 N–H and O–H groups in total. The molecule has 1 aliphatic carbocycles. The third-order valence-corrected chi connectivity index (χ3v) is 5.33. The molecule has 1 rings (SSSR count). The number of nitrogens with one attached hydrogen (secondary N) is 1. The summed E-state index contributed by atoms with van der Waals surface area (Å²) in [7, 11) is -3.52. The minimum atomic E-state index is -3.52. The van der Waals surface area contributed by atoms with Crippen LogP contribution in [0.5, 0.6) is 0 Å². The summed E-state index contributed by atoms with van der Waals surface area (Å²) < 4.78 is 28.0. The molecule has 5 nitrogen and oxygen atoms in total. The van der Waals surface area contributed by atoms with Crippen molar-refractivity contribution in [3.63, 3.8) is 0 Å². The summed E-state index contributed by atoms with van der Waals surface area (Å²) in [4.78, 5) is 0. The lowest BCUT2D eigenvalue weighted by Crippen LogP contribution is -2.47. The molecule has 1 atom stereocenters. The number of nitriles is 1. The third-order valence-electron chi connectivity index (χ3n) is 3.58. The average molecular weight is 273 g/mol. The van der Waals surface area contributed by atoms with Gasteiger partial charge in [-0.05, 0) is 18.8 Å². The smallest absolute Gasteiger partial charge is 0.197 e. The number of hydrogen-bond donors (Lipinski definition) is 1. The molecule has 1 saturated carbocycles. The molecule has 0 bridgehead atoms. The van der Waals surface area contributed by atoms with Crippen LogP contribution in [0, 0.1) is 17.2 Å². The van der Waals surface area contributed by atoms with Crippen LogP contribution in [0.15, 0.2) is 0 Å². The summed E-state index contributed by atoms with van der Waals surface area (Å²) >= 11 is 0. The van der Waals surface area contributed by atoms with Gasteiger partial charge < -0.3 is 0 Å². The van der Waals surface area contributed by atoms with Gasteiger partial charge in [0.15, 0.2) is 0 Å². The van der Waals surface area contributed by atoms with Crippen LogP contribution >= 0.6 is 0 Å². The second kappa shape index (κ2) is 7.07. The predicted molar refractivity (Wildman–Crippen MR) is 71.0 cm³/mol. The maximum Gasteiger partial charge on any atom is 0.280 e. The van der Waals surface area contributed by atoms with Crippen LogP contribution in [0.25, 0.3) is 0 Å². The first kappa shape index (κ1) is 15.4. The maximum atomic E-state index is 12.1. The molecule has 0 aromatic rings. The molecule has 0 heterocycles. The summed E-state index contributed by atoms with van der Waals surface area (Å²) in [5.41, 5.74) is 0. The van der Waals surface area contributed by atoms with E-state index < -0.39 is 16.3 Å². The van der Waals surface area contributed by atoms with Crippen LogP contribution in [0.4, 0.5) is 0 Å². The SMILES string of the molecule is CCN(CC)S(=O)(=O)NC(C#N)C1CCCCC1. The van der Waals surface area contributed by atoms with E-state index in [4.69, 9.17) is 0 Å². The minimum absolute atomic E-state index is 0.161. The van der Waals surface area contributed by atoms with Gasteiger partial charge in [-0.1, -0.05) is 33.1 Å². The number of nitrogens with zero attached hydrogens (tertiary/aromatic N) is 2. The molecule has 1 aliphatic rings. The van der Waals surface area contributed by atoms with Gasteiger partial charge in [-0.3, -0.25) is 0 Å². The van der Waals surface area contributed by atoms with Gasteiger partial charge in [-0.2, -0.15) is 22.7 Å². The highest BCUT2D eigenvalue weighted by atomic mass is 32.2. The van der Waals surface area contributed by atoms with Crippen LogP contribution in [0.3, 0.4) is 0 Å². The Balaban J connectivity index is 2.70. The topological polar surface area (TPSA) is 73.2 Å². The molecule has 0 radical (unpaired) electrons. The fraction of sp³-hybridized carbons (Fsp3) is 0.917. The van der Waals surface area contributed by atoms with Crippen LogP contribution in [0.2, 0.25) is 0 Å². The van der Waals surface area contributed by atoms with E-state index in [1.165, 1.54) is 10.7 Å². The van der Waals surface area contributed by atoms with Crippen LogP contribution in [0.1, 0.15) is 46.0 Å². The molecule has 0 saturated heterocycles. The molecule has 0 aromatic carbocycles. The average Bonchev–Trinajstić information content (AvgIpc) is 2.38. The normalized spacial score (nSPS) is 19.7. The van der Waals surface area contributed by atoms with E-state index in [1.54, 1.807) is 13.8 Å². The Morgan fingerprint density at radius 1 is 1.28 bits per heavy atom. The highest BCUT2D eigenvalue weighted by molar-refractivity contribution is 7.87. The van der Waals surface area contributed by atoms with E-state index in [0.717, 1.165) is 25.7 Å². The van der Waals surface area contributed by atoms with Crippen molar-refractivity contribution in [2.24, 2.45) is 5.92 Å². The quantitative estimate of drug-likeness (QED) is 0.799. The lowest BCUT2D eigenvalue weighted by Gasteiger charge is -2.28. The second-order valence-electron chi connectivity index (χ2n) is 4.71. The first-order valence-corrected chi connectivity index (χ1v) is 8.16. The molecule has 6 heteroatoms. The standard InChI is InChI=1S/C12H23N3O2S/c1-3-15(4-2)18(16,17)14-12(10-13)11-8-6-5-7-9-11/h11-12,14H,3-9H2,1-2H3. The van der Waals surface area contributed by atoms with E-state index in [9.17, 15) is 13.7 Å². The van der Waals surface area contributed by atoms with E-state index in [2.05, 4.69) is 10.8 Å². The molecule has 0 aromatic heterocycles. The van der Waals surface area contributed by atoms with Crippen LogP contribution < -0.4 is 4.72 Å². The summed E-state index contributed by atoms with van der Waals surface area (Å²) in [6.45, 7) is 4.44. The first-order chi connectivity index (χ1) is 8.55. The van der Waals surface area contributed by atoms with Gasteiger partial charge >= 0.3 is 0 Å². The Labute approximate surface area is 110 Å². The van der Waals surface area contributed by atoms with E-state index in [0.29, 0.717) is 13.1 Å². The summed E-state index contributed by atoms with van der Waals surface area (Å²) in [5.74, 6) is 0.161. The Morgan fingerprint density at radius 3 is 2.28 bits per heavy atom. The van der Waals surface area contributed by atoms with Crippen molar-refractivity contribution in [2.45, 2.75) is 52.0 Å². The second-order valence-corrected chi connectivity index (χ2v) is 6.41. The number of rotatable bonds is 6. The third kappa shape index (κ3) is 3.94. The lowest BCUT2D eigenvalue weighted by molar-refractivity contribution is 0.318. The lowest BCUT2D eigenvalue weighted by atomic mass is 9.85. The van der Waals surface area contributed by atoms with Crippen LogP contribution in [-0.2, 0) is 10.2 Å². The minimum Gasteiger partial charge on any atom is -0.197 e. The molecule has 18 heavy (non-hydrogen) atoms.